The molecular formula is C7H8BrF2NO. The van der Waals surface area contributed by atoms with Gasteiger partial charge >= 0.3 is 0 Å². The van der Waals surface area contributed by atoms with Gasteiger partial charge in [0.1, 0.15) is 11.3 Å². The van der Waals surface area contributed by atoms with E-state index >= 15 is 0 Å². The second-order valence-corrected chi connectivity index (χ2v) is 3.47. The van der Waals surface area contributed by atoms with Crippen LogP contribution in [0, 0.1) is 0 Å². The van der Waals surface area contributed by atoms with E-state index in [0.717, 1.165) is 0 Å². The summed E-state index contributed by atoms with van der Waals surface area (Å²) in [6.07, 6.45) is -2.64. The van der Waals surface area contributed by atoms with Gasteiger partial charge in [0.2, 0.25) is 0 Å². The Labute approximate surface area is 76.9 Å². The number of hydrogen-bond acceptors (Lipinski definition) is 2. The standard InChI is InChI=1S/C7H8BrF2NO/c1-7(11,6(9)10)4-2-3-5(8)12-4/h2-3,6H,11H2,1H3. The molecule has 0 spiro atoms. The highest BCUT2D eigenvalue weighted by atomic mass is 79.9. The van der Waals surface area contributed by atoms with Gasteiger partial charge in [0.05, 0.1) is 0 Å². The normalized spacial score (nSPS) is 16.5. The minimum absolute atomic E-state index is 0.0735. The van der Waals surface area contributed by atoms with Crippen LogP contribution in [0.1, 0.15) is 12.7 Å². The second-order valence-electron chi connectivity index (χ2n) is 2.69. The third-order valence-corrected chi connectivity index (χ3v) is 1.98. The Balaban J connectivity index is 2.97. The van der Waals surface area contributed by atoms with Crippen LogP contribution in [0.15, 0.2) is 21.2 Å². The largest absolute Gasteiger partial charge is 0.452 e. The van der Waals surface area contributed by atoms with E-state index in [1.54, 1.807) is 0 Å². The quantitative estimate of drug-likeness (QED) is 0.862. The van der Waals surface area contributed by atoms with Gasteiger partial charge in [-0.2, -0.15) is 0 Å². The average molecular weight is 240 g/mol. The molecule has 0 saturated carbocycles. The first-order chi connectivity index (χ1) is 5.44. The van der Waals surface area contributed by atoms with Crippen molar-refractivity contribution in [3.63, 3.8) is 0 Å². The van der Waals surface area contributed by atoms with E-state index in [2.05, 4.69) is 15.9 Å². The van der Waals surface area contributed by atoms with Gasteiger partial charge < -0.3 is 10.2 Å². The van der Waals surface area contributed by atoms with Crippen molar-refractivity contribution < 1.29 is 13.2 Å². The Hall–Kier alpha value is -0.420. The van der Waals surface area contributed by atoms with Crippen molar-refractivity contribution >= 4 is 15.9 Å². The molecule has 1 unspecified atom stereocenters. The molecule has 0 amide bonds. The van der Waals surface area contributed by atoms with Crippen molar-refractivity contribution in [3.8, 4) is 0 Å². The maximum absolute atomic E-state index is 12.3. The molecule has 0 aromatic carbocycles. The predicted molar refractivity (Wildman–Crippen MR) is 44.0 cm³/mol. The number of halogens is 3. The smallest absolute Gasteiger partial charge is 0.263 e. The lowest BCUT2D eigenvalue weighted by molar-refractivity contribution is 0.0496. The molecular weight excluding hydrogens is 232 g/mol. The minimum Gasteiger partial charge on any atom is -0.452 e. The molecule has 0 saturated heterocycles. The number of alkyl halides is 2. The Kier molecular flexibility index (Phi) is 2.53. The Morgan fingerprint density at radius 3 is 2.50 bits per heavy atom. The molecule has 1 aromatic heterocycles. The lowest BCUT2D eigenvalue weighted by atomic mass is 10.0. The van der Waals surface area contributed by atoms with E-state index in [0.29, 0.717) is 4.67 Å². The monoisotopic (exact) mass is 239 g/mol. The summed E-state index contributed by atoms with van der Waals surface area (Å²) in [5.41, 5.74) is 3.61. The zero-order valence-corrected chi connectivity index (χ0v) is 7.94. The van der Waals surface area contributed by atoms with Crippen molar-refractivity contribution in [2.75, 3.05) is 0 Å². The zero-order chi connectivity index (χ0) is 9.35. The van der Waals surface area contributed by atoms with Crippen molar-refractivity contribution in [1.29, 1.82) is 0 Å². The number of rotatable bonds is 2. The topological polar surface area (TPSA) is 39.2 Å². The van der Waals surface area contributed by atoms with Crippen molar-refractivity contribution in [1.82, 2.24) is 0 Å². The van der Waals surface area contributed by atoms with Crippen LogP contribution in [0.2, 0.25) is 0 Å². The van der Waals surface area contributed by atoms with Gasteiger partial charge in [-0.05, 0) is 35.0 Å². The molecule has 5 heteroatoms. The first-order valence-electron chi connectivity index (χ1n) is 3.27. The maximum Gasteiger partial charge on any atom is 0.263 e. The fraction of sp³-hybridized carbons (Fsp3) is 0.429. The van der Waals surface area contributed by atoms with Crippen LogP contribution in [0.25, 0.3) is 0 Å². The minimum atomic E-state index is -2.64. The number of hydrogen-bond donors (Lipinski definition) is 1. The molecule has 1 heterocycles. The molecule has 0 fully saturated rings. The molecule has 12 heavy (non-hydrogen) atoms. The first-order valence-corrected chi connectivity index (χ1v) is 4.06. The fourth-order valence-corrected chi connectivity index (χ4v) is 1.02. The number of nitrogens with two attached hydrogens (primary N) is 1. The van der Waals surface area contributed by atoms with E-state index in [1.807, 2.05) is 0 Å². The van der Waals surface area contributed by atoms with Crippen LogP contribution >= 0.6 is 15.9 Å². The summed E-state index contributed by atoms with van der Waals surface area (Å²) in [4.78, 5) is 0. The highest BCUT2D eigenvalue weighted by Gasteiger charge is 2.35. The van der Waals surface area contributed by atoms with Gasteiger partial charge in [0.15, 0.2) is 4.67 Å². The Bertz CT molecular complexity index is 272. The number of furan rings is 1. The Morgan fingerprint density at radius 1 is 1.58 bits per heavy atom. The van der Waals surface area contributed by atoms with E-state index in [1.165, 1.54) is 19.1 Å². The summed E-state index contributed by atoms with van der Waals surface area (Å²) < 4.78 is 29.9. The molecule has 0 aliphatic heterocycles. The Morgan fingerprint density at radius 2 is 2.17 bits per heavy atom. The van der Waals surface area contributed by atoms with Gasteiger partial charge in [0, 0.05) is 0 Å². The molecule has 0 radical (unpaired) electrons. The van der Waals surface area contributed by atoms with Crippen molar-refractivity contribution in [2.24, 2.45) is 5.73 Å². The van der Waals surface area contributed by atoms with Gasteiger partial charge in [-0.15, -0.1) is 0 Å². The summed E-state index contributed by atoms with van der Waals surface area (Å²) in [6, 6.07) is 2.96. The fourth-order valence-electron chi connectivity index (χ4n) is 0.711. The zero-order valence-electron chi connectivity index (χ0n) is 6.35. The molecule has 1 atom stereocenters. The van der Waals surface area contributed by atoms with Gasteiger partial charge in [-0.3, -0.25) is 0 Å². The molecule has 1 aromatic rings. The highest BCUT2D eigenvalue weighted by Crippen LogP contribution is 2.28. The van der Waals surface area contributed by atoms with Crippen LogP contribution < -0.4 is 5.73 Å². The van der Waals surface area contributed by atoms with E-state index in [-0.39, 0.29) is 5.76 Å². The molecule has 2 N–H and O–H groups in total. The molecule has 0 aliphatic carbocycles. The lowest BCUT2D eigenvalue weighted by Crippen LogP contribution is -2.40. The van der Waals surface area contributed by atoms with Gasteiger partial charge in [-0.1, -0.05) is 0 Å². The molecule has 0 aliphatic rings. The van der Waals surface area contributed by atoms with Crippen molar-refractivity contribution in [3.05, 3.63) is 22.6 Å². The third-order valence-electron chi connectivity index (χ3n) is 1.56. The van der Waals surface area contributed by atoms with Crippen LogP contribution in [0.3, 0.4) is 0 Å². The predicted octanol–water partition coefficient (Wildman–Crippen LogP) is 2.48. The maximum atomic E-state index is 12.3. The second kappa shape index (κ2) is 3.14. The molecule has 2 nitrogen and oxygen atoms in total. The lowest BCUT2D eigenvalue weighted by Gasteiger charge is -2.20. The van der Waals surface area contributed by atoms with Crippen LogP contribution in [-0.4, -0.2) is 6.43 Å². The average Bonchev–Trinajstić information content (AvgIpc) is 2.35. The van der Waals surface area contributed by atoms with E-state index in [4.69, 9.17) is 10.2 Å². The summed E-state index contributed by atoms with van der Waals surface area (Å²) in [5, 5.41) is 0. The van der Waals surface area contributed by atoms with E-state index < -0.39 is 12.0 Å². The first kappa shape index (κ1) is 9.67. The summed E-state index contributed by atoms with van der Waals surface area (Å²) >= 11 is 3.01. The summed E-state index contributed by atoms with van der Waals surface area (Å²) in [6.45, 7) is 1.23. The summed E-state index contributed by atoms with van der Waals surface area (Å²) in [5.74, 6) is 0.0735. The molecule has 68 valence electrons. The molecule has 0 bridgehead atoms. The van der Waals surface area contributed by atoms with Gasteiger partial charge in [0.25, 0.3) is 6.43 Å². The SMILES string of the molecule is CC(N)(c1ccc(Br)o1)C(F)F. The highest BCUT2D eigenvalue weighted by molar-refractivity contribution is 9.10. The molecule has 1 rings (SSSR count). The van der Waals surface area contributed by atoms with Crippen molar-refractivity contribution in [2.45, 2.75) is 18.9 Å². The summed E-state index contributed by atoms with van der Waals surface area (Å²) in [7, 11) is 0. The van der Waals surface area contributed by atoms with Crippen LogP contribution in [0.4, 0.5) is 8.78 Å². The van der Waals surface area contributed by atoms with Crippen LogP contribution in [-0.2, 0) is 5.54 Å². The van der Waals surface area contributed by atoms with Crippen LogP contribution in [0.5, 0.6) is 0 Å². The third kappa shape index (κ3) is 1.67. The van der Waals surface area contributed by atoms with Gasteiger partial charge in [-0.25, -0.2) is 8.78 Å². The van der Waals surface area contributed by atoms with E-state index in [9.17, 15) is 8.78 Å².